The van der Waals surface area contributed by atoms with Crippen LogP contribution in [-0.2, 0) is 24.8 Å². The maximum absolute atomic E-state index is 13.1. The standard InChI is InChI=1S/C24H23N5O5S2/c30-35(31,19-8-2-1-3-9-19)28-24-23(26-21-11-4-5-12-22(21)27-24)25-18-7-6-10-20(17-18)36(32,33)29-13-15-34-16-14-29/h1-12,17H,13-16H2,(H,25,26)(H,27,28). The molecule has 1 aliphatic heterocycles. The molecule has 1 fully saturated rings. The van der Waals surface area contributed by atoms with Gasteiger partial charge in [-0.15, -0.1) is 0 Å². The number of hydrogen-bond donors (Lipinski definition) is 2. The smallest absolute Gasteiger partial charge is 0.263 e. The molecule has 0 bridgehead atoms. The van der Waals surface area contributed by atoms with Crippen LogP contribution in [0.1, 0.15) is 0 Å². The largest absolute Gasteiger partial charge is 0.379 e. The lowest BCUT2D eigenvalue weighted by molar-refractivity contribution is 0.0730. The molecule has 4 aromatic rings. The molecule has 2 N–H and O–H groups in total. The molecule has 0 radical (unpaired) electrons. The predicted octanol–water partition coefficient (Wildman–Crippen LogP) is 3.20. The van der Waals surface area contributed by atoms with Crippen molar-refractivity contribution < 1.29 is 21.6 Å². The van der Waals surface area contributed by atoms with Crippen LogP contribution in [0.2, 0.25) is 0 Å². The number of nitrogens with one attached hydrogen (secondary N) is 2. The van der Waals surface area contributed by atoms with E-state index < -0.39 is 20.0 Å². The molecule has 0 unspecified atom stereocenters. The average Bonchev–Trinajstić information content (AvgIpc) is 2.90. The number of aromatic nitrogens is 2. The number of fused-ring (bicyclic) bond motifs is 1. The Morgan fingerprint density at radius 3 is 2.03 bits per heavy atom. The minimum Gasteiger partial charge on any atom is -0.379 e. The first-order chi connectivity index (χ1) is 17.3. The van der Waals surface area contributed by atoms with Crippen LogP contribution in [0.3, 0.4) is 0 Å². The van der Waals surface area contributed by atoms with Crippen molar-refractivity contribution in [3.63, 3.8) is 0 Å². The molecule has 12 heteroatoms. The number of sulfonamides is 2. The summed E-state index contributed by atoms with van der Waals surface area (Å²) in [6.45, 7) is 1.24. The number of anilines is 3. The molecule has 0 saturated carbocycles. The number of benzene rings is 3. The van der Waals surface area contributed by atoms with Crippen LogP contribution in [0.5, 0.6) is 0 Å². The second-order valence-electron chi connectivity index (χ2n) is 8.00. The van der Waals surface area contributed by atoms with Crippen LogP contribution in [0.4, 0.5) is 17.3 Å². The van der Waals surface area contributed by atoms with Gasteiger partial charge in [0.05, 0.1) is 34.0 Å². The van der Waals surface area contributed by atoms with Gasteiger partial charge in [-0.25, -0.2) is 26.8 Å². The molecular formula is C24H23N5O5S2. The zero-order valence-corrected chi connectivity index (χ0v) is 20.7. The van der Waals surface area contributed by atoms with E-state index in [0.717, 1.165) is 0 Å². The van der Waals surface area contributed by atoms with Crippen LogP contribution in [0, 0.1) is 0 Å². The fourth-order valence-corrected chi connectivity index (χ4v) is 6.24. The molecule has 186 valence electrons. The quantitative estimate of drug-likeness (QED) is 0.376. The third-order valence-corrected chi connectivity index (χ3v) is 8.81. The van der Waals surface area contributed by atoms with Crippen molar-refractivity contribution in [2.75, 3.05) is 36.3 Å². The Kier molecular flexibility index (Phi) is 6.58. The summed E-state index contributed by atoms with van der Waals surface area (Å²) in [5.74, 6) is 0.119. The first-order valence-corrected chi connectivity index (χ1v) is 14.0. The van der Waals surface area contributed by atoms with E-state index in [1.165, 1.54) is 28.6 Å². The summed E-state index contributed by atoms with van der Waals surface area (Å²) < 4.78 is 61.4. The molecule has 0 amide bonds. The number of nitrogens with zero attached hydrogens (tertiary/aromatic N) is 3. The van der Waals surface area contributed by atoms with E-state index in [0.29, 0.717) is 29.9 Å². The van der Waals surface area contributed by atoms with E-state index >= 15 is 0 Å². The van der Waals surface area contributed by atoms with E-state index in [1.807, 2.05) is 0 Å². The summed E-state index contributed by atoms with van der Waals surface area (Å²) in [5.41, 5.74) is 1.45. The normalized spacial score (nSPS) is 15.0. The summed E-state index contributed by atoms with van der Waals surface area (Å²) in [4.78, 5) is 9.20. The van der Waals surface area contributed by atoms with Crippen molar-refractivity contribution in [1.82, 2.24) is 14.3 Å². The van der Waals surface area contributed by atoms with Crippen molar-refractivity contribution in [3.8, 4) is 0 Å². The number of para-hydroxylation sites is 2. The number of hydrogen-bond acceptors (Lipinski definition) is 8. The van der Waals surface area contributed by atoms with Gasteiger partial charge in [-0.3, -0.25) is 4.72 Å². The summed E-state index contributed by atoms with van der Waals surface area (Å²) in [6.07, 6.45) is 0. The summed E-state index contributed by atoms with van der Waals surface area (Å²) >= 11 is 0. The molecule has 3 aromatic carbocycles. The van der Waals surface area contributed by atoms with Crippen LogP contribution >= 0.6 is 0 Å². The average molecular weight is 526 g/mol. The molecule has 10 nitrogen and oxygen atoms in total. The molecule has 0 aliphatic carbocycles. The molecule has 0 spiro atoms. The Labute approximate surface area is 209 Å². The van der Waals surface area contributed by atoms with Crippen LogP contribution in [0.25, 0.3) is 11.0 Å². The minimum atomic E-state index is -3.95. The van der Waals surface area contributed by atoms with Gasteiger partial charge in [0.15, 0.2) is 11.6 Å². The van der Waals surface area contributed by atoms with Gasteiger partial charge in [-0.05, 0) is 42.5 Å². The minimum absolute atomic E-state index is 0.0148. The van der Waals surface area contributed by atoms with Crippen LogP contribution < -0.4 is 10.0 Å². The Hall–Kier alpha value is -3.58. The molecule has 1 aromatic heterocycles. The van der Waals surface area contributed by atoms with Crippen LogP contribution in [0.15, 0.2) is 88.7 Å². The first-order valence-electron chi connectivity index (χ1n) is 11.1. The molecule has 1 saturated heterocycles. The van der Waals surface area contributed by atoms with Crippen molar-refractivity contribution in [2.45, 2.75) is 9.79 Å². The monoisotopic (exact) mass is 525 g/mol. The fraction of sp³-hybridized carbons (Fsp3) is 0.167. The van der Waals surface area contributed by atoms with Gasteiger partial charge < -0.3 is 10.1 Å². The van der Waals surface area contributed by atoms with Crippen molar-refractivity contribution in [3.05, 3.63) is 78.9 Å². The van der Waals surface area contributed by atoms with Gasteiger partial charge in [0, 0.05) is 18.8 Å². The topological polar surface area (TPSA) is 131 Å². The second-order valence-corrected chi connectivity index (χ2v) is 11.6. The van der Waals surface area contributed by atoms with Crippen LogP contribution in [-0.4, -0.2) is 57.4 Å². The van der Waals surface area contributed by atoms with Gasteiger partial charge in [-0.1, -0.05) is 36.4 Å². The number of morpholine rings is 1. The molecular weight excluding hydrogens is 502 g/mol. The van der Waals surface area contributed by atoms with Gasteiger partial charge in [0.2, 0.25) is 10.0 Å². The maximum Gasteiger partial charge on any atom is 0.263 e. The van der Waals surface area contributed by atoms with Gasteiger partial charge in [0.25, 0.3) is 10.0 Å². The highest BCUT2D eigenvalue weighted by molar-refractivity contribution is 7.92. The predicted molar refractivity (Wildman–Crippen MR) is 136 cm³/mol. The summed E-state index contributed by atoms with van der Waals surface area (Å²) in [5, 5.41) is 3.05. The zero-order valence-electron chi connectivity index (χ0n) is 19.0. The first kappa shape index (κ1) is 24.1. The lowest BCUT2D eigenvalue weighted by atomic mass is 10.3. The Bertz CT molecular complexity index is 1610. The summed E-state index contributed by atoms with van der Waals surface area (Å²) in [7, 11) is -7.67. The molecule has 5 rings (SSSR count). The van der Waals surface area contributed by atoms with Gasteiger partial charge >= 0.3 is 0 Å². The summed E-state index contributed by atoms with van der Waals surface area (Å²) in [6, 6.07) is 21.3. The highest BCUT2D eigenvalue weighted by atomic mass is 32.2. The van der Waals surface area contributed by atoms with Crippen molar-refractivity contribution >= 4 is 48.4 Å². The van der Waals surface area contributed by atoms with E-state index in [1.54, 1.807) is 54.6 Å². The highest BCUT2D eigenvalue weighted by Crippen LogP contribution is 2.28. The Morgan fingerprint density at radius 2 is 1.33 bits per heavy atom. The second kappa shape index (κ2) is 9.82. The number of rotatable bonds is 7. The van der Waals surface area contributed by atoms with Crippen molar-refractivity contribution in [1.29, 1.82) is 0 Å². The third-order valence-electron chi connectivity index (χ3n) is 5.56. The van der Waals surface area contributed by atoms with E-state index in [-0.39, 0.29) is 34.5 Å². The number of ether oxygens (including phenoxy) is 1. The highest BCUT2D eigenvalue weighted by Gasteiger charge is 2.26. The zero-order chi connectivity index (χ0) is 25.2. The SMILES string of the molecule is O=S(=O)(Nc1nc2ccccc2nc1Nc1cccc(S(=O)(=O)N2CCOCC2)c1)c1ccccc1. The van der Waals surface area contributed by atoms with Gasteiger partial charge in [-0.2, -0.15) is 4.31 Å². The Balaban J connectivity index is 1.51. The molecule has 2 heterocycles. The Morgan fingerprint density at radius 1 is 0.722 bits per heavy atom. The lowest BCUT2D eigenvalue weighted by Gasteiger charge is -2.26. The molecule has 0 atom stereocenters. The lowest BCUT2D eigenvalue weighted by Crippen LogP contribution is -2.40. The third kappa shape index (κ3) is 5.02. The molecule has 1 aliphatic rings. The van der Waals surface area contributed by atoms with Crippen molar-refractivity contribution in [2.24, 2.45) is 0 Å². The van der Waals surface area contributed by atoms with E-state index in [4.69, 9.17) is 4.74 Å². The maximum atomic E-state index is 13.1. The molecule has 36 heavy (non-hydrogen) atoms. The van der Waals surface area contributed by atoms with E-state index in [9.17, 15) is 16.8 Å². The fourth-order valence-electron chi connectivity index (χ4n) is 3.75. The van der Waals surface area contributed by atoms with E-state index in [2.05, 4.69) is 20.0 Å². The van der Waals surface area contributed by atoms with Gasteiger partial charge in [0.1, 0.15) is 0 Å².